The molecule has 2 aromatic heterocycles. The number of amides is 1. The minimum atomic E-state index is -1.16. The maximum Gasteiger partial charge on any atom is 0.336 e. The maximum absolute atomic E-state index is 12.7. The largest absolute Gasteiger partial charge is 0.478 e. The predicted molar refractivity (Wildman–Crippen MR) is 132 cm³/mol. The summed E-state index contributed by atoms with van der Waals surface area (Å²) in [6.45, 7) is 4.47. The van der Waals surface area contributed by atoms with E-state index in [1.54, 1.807) is 34.9 Å². The third-order valence-electron chi connectivity index (χ3n) is 5.77. The van der Waals surface area contributed by atoms with Crippen molar-refractivity contribution in [2.45, 2.75) is 33.2 Å². The fourth-order valence-electron chi connectivity index (χ4n) is 3.97. The van der Waals surface area contributed by atoms with Gasteiger partial charge in [-0.2, -0.15) is 0 Å². The second kappa shape index (κ2) is 9.70. The molecular weight excluding hydrogens is 430 g/mol. The highest BCUT2D eigenvalue weighted by molar-refractivity contribution is 6.10. The van der Waals surface area contributed by atoms with Gasteiger partial charge in [0.15, 0.2) is 0 Å². The van der Waals surface area contributed by atoms with Gasteiger partial charge in [0.2, 0.25) is 0 Å². The van der Waals surface area contributed by atoms with Crippen LogP contribution in [0, 0.1) is 0 Å². The smallest absolute Gasteiger partial charge is 0.336 e. The summed E-state index contributed by atoms with van der Waals surface area (Å²) in [7, 11) is 0. The molecule has 4 aromatic rings. The Hall–Kier alpha value is -4.26. The average molecular weight is 456 g/mol. The molecule has 1 amide bonds. The lowest BCUT2D eigenvalue weighted by atomic mass is 10.1. The molecular formula is C27H25N3O4. The van der Waals surface area contributed by atoms with Crippen LogP contribution in [0.4, 0.5) is 5.69 Å². The van der Waals surface area contributed by atoms with Crippen molar-refractivity contribution in [3.63, 3.8) is 0 Å². The number of rotatable bonds is 7. The van der Waals surface area contributed by atoms with E-state index in [2.05, 4.69) is 12.2 Å². The van der Waals surface area contributed by atoms with Gasteiger partial charge in [-0.3, -0.25) is 14.6 Å². The molecule has 34 heavy (non-hydrogen) atoms. The lowest BCUT2D eigenvalue weighted by molar-refractivity contribution is 0.0692. The van der Waals surface area contributed by atoms with E-state index in [9.17, 15) is 19.5 Å². The number of hydrogen-bond acceptors (Lipinski definition) is 4. The van der Waals surface area contributed by atoms with Gasteiger partial charge in [-0.15, -0.1) is 0 Å². The van der Waals surface area contributed by atoms with Gasteiger partial charge in [0.05, 0.1) is 23.2 Å². The lowest BCUT2D eigenvalue weighted by Crippen LogP contribution is -2.21. The normalized spacial score (nSPS) is 10.9. The van der Waals surface area contributed by atoms with Gasteiger partial charge >= 0.3 is 5.97 Å². The van der Waals surface area contributed by atoms with Gasteiger partial charge in [-0.25, -0.2) is 4.79 Å². The number of carbonyl (C=O) groups excluding carboxylic acids is 1. The van der Waals surface area contributed by atoms with Gasteiger partial charge in [-0.05, 0) is 54.8 Å². The number of nitrogens with one attached hydrogen (secondary N) is 1. The number of aryl methyl sites for hydroxylation is 2. The molecule has 0 atom stereocenters. The summed E-state index contributed by atoms with van der Waals surface area (Å²) in [5.41, 5.74) is 4.15. The first-order valence-electron chi connectivity index (χ1n) is 11.2. The number of aromatic carboxylic acids is 1. The van der Waals surface area contributed by atoms with E-state index in [-0.39, 0.29) is 16.7 Å². The second-order valence-electron chi connectivity index (χ2n) is 7.96. The molecule has 0 radical (unpaired) electrons. The molecule has 0 aliphatic heterocycles. The first-order chi connectivity index (χ1) is 16.4. The molecule has 2 heterocycles. The van der Waals surface area contributed by atoms with Crippen LogP contribution in [-0.4, -0.2) is 26.5 Å². The highest BCUT2D eigenvalue weighted by atomic mass is 16.4. The van der Waals surface area contributed by atoms with Crippen molar-refractivity contribution in [3.8, 4) is 0 Å². The van der Waals surface area contributed by atoms with Gasteiger partial charge in [0.25, 0.3) is 11.5 Å². The first kappa shape index (κ1) is 22.9. The quantitative estimate of drug-likeness (QED) is 0.427. The Morgan fingerprint density at radius 3 is 2.29 bits per heavy atom. The van der Waals surface area contributed by atoms with Crippen LogP contribution in [0.25, 0.3) is 10.9 Å². The van der Waals surface area contributed by atoms with Gasteiger partial charge < -0.3 is 15.0 Å². The number of anilines is 1. The summed E-state index contributed by atoms with van der Waals surface area (Å²) in [6, 6.07) is 18.6. The van der Waals surface area contributed by atoms with Crippen LogP contribution in [0.1, 0.15) is 51.5 Å². The molecule has 7 nitrogen and oxygen atoms in total. The summed E-state index contributed by atoms with van der Waals surface area (Å²) < 4.78 is 1.74. The topological polar surface area (TPSA) is 101 Å². The summed E-state index contributed by atoms with van der Waals surface area (Å²) in [5, 5.41) is 13.0. The zero-order valence-corrected chi connectivity index (χ0v) is 19.0. The predicted octanol–water partition coefficient (Wildman–Crippen LogP) is 4.52. The standard InChI is InChI=1S/C27H25N3O4/c1-3-18-15-24-22(23(4-2)28-18)13-14-25(31)30(24)16-17-9-11-19(12-10-17)29-26(32)20-7-5-6-8-21(20)27(33)34/h5-15H,3-4,16H2,1-2H3,(H,29,32)(H,33,34). The summed E-state index contributed by atoms with van der Waals surface area (Å²) in [5.74, 6) is -1.66. The number of carboxylic acid groups (broad SMARTS) is 1. The van der Waals surface area contributed by atoms with Crippen LogP contribution >= 0.6 is 0 Å². The lowest BCUT2D eigenvalue weighted by Gasteiger charge is -2.14. The van der Waals surface area contributed by atoms with Crippen molar-refractivity contribution in [3.05, 3.63) is 105 Å². The molecule has 2 aromatic carbocycles. The molecule has 4 rings (SSSR count). The SMILES string of the molecule is CCc1cc2c(ccc(=O)n2Cc2ccc(NC(=O)c3ccccc3C(=O)O)cc2)c(CC)n1. The molecule has 0 unspecified atom stereocenters. The van der Waals surface area contributed by atoms with Crippen molar-refractivity contribution < 1.29 is 14.7 Å². The van der Waals surface area contributed by atoms with Crippen LogP contribution in [0.2, 0.25) is 0 Å². The molecule has 0 spiro atoms. The first-order valence-corrected chi connectivity index (χ1v) is 11.2. The van der Waals surface area contributed by atoms with Crippen LogP contribution in [0.5, 0.6) is 0 Å². The van der Waals surface area contributed by atoms with E-state index in [0.29, 0.717) is 12.2 Å². The van der Waals surface area contributed by atoms with Crippen LogP contribution in [-0.2, 0) is 19.4 Å². The van der Waals surface area contributed by atoms with Crippen molar-refractivity contribution in [2.75, 3.05) is 5.32 Å². The maximum atomic E-state index is 12.7. The minimum Gasteiger partial charge on any atom is -0.478 e. The highest BCUT2D eigenvalue weighted by Crippen LogP contribution is 2.20. The van der Waals surface area contributed by atoms with E-state index in [1.807, 2.05) is 31.2 Å². The second-order valence-corrected chi connectivity index (χ2v) is 7.96. The third kappa shape index (κ3) is 4.59. The zero-order chi connectivity index (χ0) is 24.2. The molecule has 0 bridgehead atoms. The average Bonchev–Trinajstić information content (AvgIpc) is 2.85. The summed E-state index contributed by atoms with van der Waals surface area (Å²) in [6.07, 6.45) is 1.56. The monoisotopic (exact) mass is 455 g/mol. The fourth-order valence-corrected chi connectivity index (χ4v) is 3.97. The number of carbonyl (C=O) groups is 2. The molecule has 172 valence electrons. The molecule has 0 fully saturated rings. The number of carboxylic acids is 1. The van der Waals surface area contributed by atoms with Crippen molar-refractivity contribution in [2.24, 2.45) is 0 Å². The fraction of sp³-hybridized carbons (Fsp3) is 0.185. The van der Waals surface area contributed by atoms with Crippen LogP contribution in [0.3, 0.4) is 0 Å². The van der Waals surface area contributed by atoms with E-state index in [4.69, 9.17) is 4.98 Å². The highest BCUT2D eigenvalue weighted by Gasteiger charge is 2.16. The number of fused-ring (bicyclic) bond motifs is 1. The van der Waals surface area contributed by atoms with Gasteiger partial charge in [0.1, 0.15) is 0 Å². The molecule has 2 N–H and O–H groups in total. The number of nitrogens with zero attached hydrogens (tertiary/aromatic N) is 2. The number of hydrogen-bond donors (Lipinski definition) is 2. The summed E-state index contributed by atoms with van der Waals surface area (Å²) in [4.78, 5) is 41.4. The Kier molecular flexibility index (Phi) is 6.54. The Labute approximate surface area is 196 Å². The number of benzene rings is 2. The summed E-state index contributed by atoms with van der Waals surface area (Å²) >= 11 is 0. The molecule has 0 aliphatic carbocycles. The van der Waals surface area contributed by atoms with Crippen LogP contribution < -0.4 is 10.9 Å². The van der Waals surface area contributed by atoms with E-state index >= 15 is 0 Å². The number of pyridine rings is 2. The third-order valence-corrected chi connectivity index (χ3v) is 5.77. The van der Waals surface area contributed by atoms with E-state index in [0.717, 1.165) is 40.7 Å². The molecule has 7 heteroatoms. The van der Waals surface area contributed by atoms with Gasteiger partial charge in [0, 0.05) is 28.5 Å². The molecule has 0 aliphatic rings. The van der Waals surface area contributed by atoms with Gasteiger partial charge in [-0.1, -0.05) is 38.1 Å². The molecule has 0 saturated carbocycles. The van der Waals surface area contributed by atoms with E-state index < -0.39 is 11.9 Å². The van der Waals surface area contributed by atoms with Crippen molar-refractivity contribution >= 4 is 28.5 Å². The Balaban J connectivity index is 1.60. The Bertz CT molecular complexity index is 1440. The minimum absolute atomic E-state index is 0.0562. The molecule has 0 saturated heterocycles. The van der Waals surface area contributed by atoms with E-state index in [1.165, 1.54) is 12.1 Å². The zero-order valence-electron chi connectivity index (χ0n) is 19.0. The number of aromatic nitrogens is 2. The van der Waals surface area contributed by atoms with Crippen LogP contribution in [0.15, 0.2) is 71.5 Å². The van der Waals surface area contributed by atoms with Crippen molar-refractivity contribution in [1.29, 1.82) is 0 Å². The Morgan fingerprint density at radius 2 is 1.65 bits per heavy atom. The Morgan fingerprint density at radius 1 is 0.941 bits per heavy atom. The van der Waals surface area contributed by atoms with Crippen molar-refractivity contribution in [1.82, 2.24) is 9.55 Å².